The second-order valence-electron chi connectivity index (χ2n) is 7.29. The first-order valence-electron chi connectivity index (χ1n) is 9.72. The Hall–Kier alpha value is -2.47. The van der Waals surface area contributed by atoms with Gasteiger partial charge in [-0.3, -0.25) is 9.78 Å². The van der Waals surface area contributed by atoms with Crippen molar-refractivity contribution in [1.29, 1.82) is 0 Å². The molecule has 0 unspecified atom stereocenters. The molecule has 1 fully saturated rings. The summed E-state index contributed by atoms with van der Waals surface area (Å²) in [6.07, 6.45) is 5.56. The number of imidazole rings is 1. The lowest BCUT2D eigenvalue weighted by Gasteiger charge is -2.23. The second kappa shape index (κ2) is 7.64. The lowest BCUT2D eigenvalue weighted by atomic mass is 10.00. The molecule has 1 aromatic carbocycles. The number of aliphatic carboxylic acids is 1. The van der Waals surface area contributed by atoms with E-state index in [1.54, 1.807) is 0 Å². The Bertz CT molecular complexity index is 974. The SMILES string of the molecule is CCc1nc2cnc3cc(CCC(=O)O)ccc3c2n1CC1CCOCC1. The molecule has 2 aromatic heterocycles. The Kier molecular flexibility index (Phi) is 5.07. The van der Waals surface area contributed by atoms with Gasteiger partial charge in [-0.05, 0) is 36.8 Å². The Labute approximate surface area is 158 Å². The van der Waals surface area contributed by atoms with E-state index in [9.17, 15) is 4.79 Å². The van der Waals surface area contributed by atoms with Crippen molar-refractivity contribution in [3.63, 3.8) is 0 Å². The van der Waals surface area contributed by atoms with E-state index in [2.05, 4.69) is 22.5 Å². The number of hydrogen-bond donors (Lipinski definition) is 1. The minimum atomic E-state index is -0.777. The van der Waals surface area contributed by atoms with E-state index in [4.69, 9.17) is 14.8 Å². The monoisotopic (exact) mass is 367 g/mol. The number of rotatable bonds is 6. The van der Waals surface area contributed by atoms with Crippen LogP contribution in [0, 0.1) is 5.92 Å². The molecule has 1 aliphatic rings. The van der Waals surface area contributed by atoms with Crippen molar-refractivity contribution in [2.24, 2.45) is 5.92 Å². The van der Waals surface area contributed by atoms with Crippen LogP contribution in [0.5, 0.6) is 0 Å². The van der Waals surface area contributed by atoms with E-state index in [1.807, 2.05) is 18.3 Å². The number of pyridine rings is 1. The molecule has 0 radical (unpaired) electrons. The zero-order valence-electron chi connectivity index (χ0n) is 15.6. The van der Waals surface area contributed by atoms with Gasteiger partial charge in [0, 0.05) is 38.0 Å². The van der Waals surface area contributed by atoms with Crippen LogP contribution in [0.1, 0.15) is 37.6 Å². The minimum Gasteiger partial charge on any atom is -0.481 e. The molecule has 0 amide bonds. The highest BCUT2D eigenvalue weighted by Gasteiger charge is 2.19. The molecule has 27 heavy (non-hydrogen) atoms. The third-order valence-electron chi connectivity index (χ3n) is 5.44. The van der Waals surface area contributed by atoms with Crippen LogP contribution >= 0.6 is 0 Å². The lowest BCUT2D eigenvalue weighted by molar-refractivity contribution is -0.136. The molecule has 6 heteroatoms. The van der Waals surface area contributed by atoms with Gasteiger partial charge in [-0.2, -0.15) is 0 Å². The van der Waals surface area contributed by atoms with Crippen molar-refractivity contribution in [2.75, 3.05) is 13.2 Å². The van der Waals surface area contributed by atoms with E-state index in [0.717, 1.165) is 72.3 Å². The normalized spacial score (nSPS) is 15.6. The Balaban J connectivity index is 1.76. The first-order chi connectivity index (χ1) is 13.2. The van der Waals surface area contributed by atoms with Crippen LogP contribution in [-0.2, 0) is 28.9 Å². The number of ether oxygens (including phenoxy) is 1. The maximum atomic E-state index is 10.8. The predicted octanol–water partition coefficient (Wildman–Crippen LogP) is 3.59. The van der Waals surface area contributed by atoms with Crippen molar-refractivity contribution in [3.8, 4) is 0 Å². The molecule has 6 nitrogen and oxygen atoms in total. The smallest absolute Gasteiger partial charge is 0.303 e. The number of aromatic nitrogens is 3. The molecule has 1 aliphatic heterocycles. The van der Waals surface area contributed by atoms with Crippen LogP contribution in [0.25, 0.3) is 21.9 Å². The largest absolute Gasteiger partial charge is 0.481 e. The van der Waals surface area contributed by atoms with Gasteiger partial charge in [0.2, 0.25) is 0 Å². The van der Waals surface area contributed by atoms with E-state index in [1.165, 1.54) is 0 Å². The molecule has 1 saturated heterocycles. The van der Waals surface area contributed by atoms with Crippen molar-refractivity contribution < 1.29 is 14.6 Å². The number of aryl methyl sites for hydroxylation is 2. The van der Waals surface area contributed by atoms with Gasteiger partial charge >= 0.3 is 5.97 Å². The van der Waals surface area contributed by atoms with Gasteiger partial charge in [0.1, 0.15) is 11.3 Å². The van der Waals surface area contributed by atoms with Gasteiger partial charge in [0.05, 0.1) is 17.2 Å². The predicted molar refractivity (Wildman–Crippen MR) is 104 cm³/mol. The average molecular weight is 367 g/mol. The maximum Gasteiger partial charge on any atom is 0.303 e. The van der Waals surface area contributed by atoms with Crippen LogP contribution in [0.2, 0.25) is 0 Å². The number of carboxylic acids is 1. The highest BCUT2D eigenvalue weighted by Crippen LogP contribution is 2.28. The summed E-state index contributed by atoms with van der Waals surface area (Å²) in [4.78, 5) is 20.3. The number of benzene rings is 1. The Morgan fingerprint density at radius 3 is 2.85 bits per heavy atom. The molecule has 0 atom stereocenters. The molecule has 142 valence electrons. The number of carboxylic acid groups (broad SMARTS) is 1. The van der Waals surface area contributed by atoms with Crippen LogP contribution in [0.3, 0.4) is 0 Å². The Morgan fingerprint density at radius 1 is 1.30 bits per heavy atom. The first kappa shape index (κ1) is 17.9. The number of fused-ring (bicyclic) bond motifs is 3. The van der Waals surface area contributed by atoms with E-state index in [-0.39, 0.29) is 6.42 Å². The van der Waals surface area contributed by atoms with Gasteiger partial charge in [0.15, 0.2) is 0 Å². The highest BCUT2D eigenvalue weighted by molar-refractivity contribution is 6.02. The molecule has 0 saturated carbocycles. The van der Waals surface area contributed by atoms with Gasteiger partial charge in [-0.1, -0.05) is 19.1 Å². The molecule has 0 aliphatic carbocycles. The van der Waals surface area contributed by atoms with Gasteiger partial charge in [-0.25, -0.2) is 4.98 Å². The van der Waals surface area contributed by atoms with E-state index >= 15 is 0 Å². The molecular weight excluding hydrogens is 342 g/mol. The standard InChI is InChI=1S/C21H25N3O3/c1-2-19-23-18-12-22-17-11-14(4-6-20(25)26)3-5-16(17)21(18)24(19)13-15-7-9-27-10-8-15/h3,5,11-12,15H,2,4,6-10,13H2,1H3,(H,25,26). The van der Waals surface area contributed by atoms with Crippen molar-refractivity contribution in [2.45, 2.75) is 45.6 Å². The Morgan fingerprint density at radius 2 is 2.11 bits per heavy atom. The molecule has 0 spiro atoms. The summed E-state index contributed by atoms with van der Waals surface area (Å²) < 4.78 is 7.88. The lowest BCUT2D eigenvalue weighted by Crippen LogP contribution is -2.21. The molecule has 3 aromatic rings. The summed E-state index contributed by atoms with van der Waals surface area (Å²) in [5.74, 6) is 0.931. The van der Waals surface area contributed by atoms with Crippen molar-refractivity contribution in [3.05, 3.63) is 35.8 Å². The van der Waals surface area contributed by atoms with Crippen molar-refractivity contribution >= 4 is 27.9 Å². The topological polar surface area (TPSA) is 77.2 Å². The first-order valence-corrected chi connectivity index (χ1v) is 9.72. The summed E-state index contributed by atoms with van der Waals surface area (Å²) in [5.41, 5.74) is 3.99. The average Bonchev–Trinajstić information content (AvgIpc) is 3.05. The van der Waals surface area contributed by atoms with E-state index < -0.39 is 5.97 Å². The highest BCUT2D eigenvalue weighted by atomic mass is 16.5. The number of hydrogen-bond acceptors (Lipinski definition) is 4. The van der Waals surface area contributed by atoms with Crippen molar-refractivity contribution in [1.82, 2.24) is 14.5 Å². The van der Waals surface area contributed by atoms with Gasteiger partial charge in [-0.15, -0.1) is 0 Å². The summed E-state index contributed by atoms with van der Waals surface area (Å²) in [5, 5.41) is 10.0. The third-order valence-corrected chi connectivity index (χ3v) is 5.44. The summed E-state index contributed by atoms with van der Waals surface area (Å²) >= 11 is 0. The zero-order chi connectivity index (χ0) is 18.8. The summed E-state index contributed by atoms with van der Waals surface area (Å²) in [6, 6.07) is 6.10. The zero-order valence-corrected chi connectivity index (χ0v) is 15.6. The van der Waals surface area contributed by atoms with Crippen LogP contribution in [-0.4, -0.2) is 38.8 Å². The minimum absolute atomic E-state index is 0.134. The van der Waals surface area contributed by atoms with Gasteiger partial charge in [0.25, 0.3) is 0 Å². The van der Waals surface area contributed by atoms with E-state index in [0.29, 0.717) is 12.3 Å². The fraction of sp³-hybridized carbons (Fsp3) is 0.476. The number of carbonyl (C=O) groups is 1. The maximum absolute atomic E-state index is 10.8. The van der Waals surface area contributed by atoms with Crippen LogP contribution in [0.15, 0.2) is 24.4 Å². The van der Waals surface area contributed by atoms with Crippen LogP contribution < -0.4 is 0 Å². The number of nitrogens with zero attached hydrogens (tertiary/aromatic N) is 3. The molecule has 3 heterocycles. The van der Waals surface area contributed by atoms with Crippen LogP contribution in [0.4, 0.5) is 0 Å². The summed E-state index contributed by atoms with van der Waals surface area (Å²) in [6.45, 7) is 4.78. The third kappa shape index (κ3) is 3.67. The molecule has 1 N–H and O–H groups in total. The molecule has 4 rings (SSSR count). The molecule has 0 bridgehead atoms. The summed E-state index contributed by atoms with van der Waals surface area (Å²) in [7, 11) is 0. The fourth-order valence-electron chi connectivity index (χ4n) is 3.97. The quantitative estimate of drug-likeness (QED) is 0.720. The van der Waals surface area contributed by atoms with Gasteiger partial charge < -0.3 is 14.4 Å². The fourth-order valence-corrected chi connectivity index (χ4v) is 3.97. The second-order valence-corrected chi connectivity index (χ2v) is 7.29. The molecular formula is C21H25N3O3.